The normalized spacial score (nSPS) is 11.0. The number of rotatable bonds is 3. The molecule has 21 heavy (non-hydrogen) atoms. The minimum atomic E-state index is -0.381. The number of nitrogens with zero attached hydrogens (tertiary/aromatic N) is 2. The van der Waals surface area contributed by atoms with Crippen molar-refractivity contribution in [1.82, 2.24) is 15.5 Å². The number of aromatic nitrogens is 2. The van der Waals surface area contributed by atoms with Crippen LogP contribution in [0, 0.1) is 5.82 Å². The van der Waals surface area contributed by atoms with Crippen LogP contribution >= 0.6 is 0 Å². The summed E-state index contributed by atoms with van der Waals surface area (Å²) in [4.78, 5) is 11.9. The van der Waals surface area contributed by atoms with Crippen molar-refractivity contribution in [3.8, 4) is 0 Å². The van der Waals surface area contributed by atoms with E-state index in [1.807, 2.05) is 20.8 Å². The summed E-state index contributed by atoms with van der Waals surface area (Å²) in [5.74, 6) is -0.311. The first-order valence-electron chi connectivity index (χ1n) is 6.53. The van der Waals surface area contributed by atoms with Crippen molar-refractivity contribution in [2.75, 3.05) is 5.32 Å². The summed E-state index contributed by atoms with van der Waals surface area (Å²) in [5, 5.41) is 13.3. The molecule has 0 unspecified atom stereocenters. The lowest BCUT2D eigenvalue weighted by atomic mass is 10.1. The van der Waals surface area contributed by atoms with E-state index in [0.717, 1.165) is 0 Å². The molecule has 2 aromatic rings. The van der Waals surface area contributed by atoms with Gasteiger partial charge in [-0.2, -0.15) is 0 Å². The van der Waals surface area contributed by atoms with Crippen molar-refractivity contribution in [3.05, 3.63) is 47.9 Å². The molecule has 0 radical (unpaired) electrons. The summed E-state index contributed by atoms with van der Waals surface area (Å²) >= 11 is 0. The van der Waals surface area contributed by atoms with Crippen LogP contribution in [0.1, 0.15) is 31.3 Å². The number of hydrogen-bond acceptors (Lipinski definition) is 4. The predicted octanol–water partition coefficient (Wildman–Crippen LogP) is 2.89. The fraction of sp³-hybridized carbons (Fsp3) is 0.267. The summed E-state index contributed by atoms with van der Waals surface area (Å²) in [6.45, 7) is 5.64. The zero-order valence-electron chi connectivity index (χ0n) is 12.1. The zero-order valence-corrected chi connectivity index (χ0v) is 12.1. The number of anilines is 2. The van der Waals surface area contributed by atoms with E-state index in [-0.39, 0.29) is 23.0 Å². The van der Waals surface area contributed by atoms with Crippen molar-refractivity contribution < 1.29 is 9.18 Å². The third-order valence-electron chi connectivity index (χ3n) is 2.52. The topological polar surface area (TPSA) is 66.9 Å². The van der Waals surface area contributed by atoms with Crippen LogP contribution in [-0.4, -0.2) is 21.6 Å². The van der Waals surface area contributed by atoms with Gasteiger partial charge < -0.3 is 10.6 Å². The lowest BCUT2D eigenvalue weighted by Crippen LogP contribution is -2.41. The monoisotopic (exact) mass is 288 g/mol. The summed E-state index contributed by atoms with van der Waals surface area (Å²) < 4.78 is 13.5. The van der Waals surface area contributed by atoms with Crippen LogP contribution < -0.4 is 10.6 Å². The van der Waals surface area contributed by atoms with E-state index in [1.54, 1.807) is 24.3 Å². The van der Waals surface area contributed by atoms with E-state index in [1.165, 1.54) is 12.1 Å². The minimum Gasteiger partial charge on any atom is -0.346 e. The number of benzene rings is 1. The molecule has 1 aromatic heterocycles. The van der Waals surface area contributed by atoms with Gasteiger partial charge in [0.15, 0.2) is 11.5 Å². The highest BCUT2D eigenvalue weighted by atomic mass is 19.1. The summed E-state index contributed by atoms with van der Waals surface area (Å²) in [6.07, 6.45) is 0. The molecule has 2 rings (SSSR count). The highest BCUT2D eigenvalue weighted by Gasteiger charge is 2.16. The predicted molar refractivity (Wildman–Crippen MR) is 78.9 cm³/mol. The van der Waals surface area contributed by atoms with Gasteiger partial charge in [0, 0.05) is 5.54 Å². The SMILES string of the molecule is CC(C)(C)NC(=O)c1ccc(Nc2ccccc2F)nn1. The zero-order chi connectivity index (χ0) is 15.5. The van der Waals surface area contributed by atoms with E-state index in [0.29, 0.717) is 11.5 Å². The Labute approximate surface area is 122 Å². The summed E-state index contributed by atoms with van der Waals surface area (Å²) in [6, 6.07) is 9.38. The standard InChI is InChI=1S/C15H17FN4O/c1-15(2,3)18-14(21)12-8-9-13(20-19-12)17-11-7-5-4-6-10(11)16/h4-9H,1-3H3,(H,17,20)(H,18,21). The Bertz CT molecular complexity index is 635. The van der Waals surface area contributed by atoms with Crippen LogP contribution in [0.25, 0.3) is 0 Å². The molecule has 0 aliphatic carbocycles. The van der Waals surface area contributed by atoms with Crippen molar-refractivity contribution in [1.29, 1.82) is 0 Å². The molecule has 0 atom stereocenters. The van der Waals surface area contributed by atoms with E-state index in [4.69, 9.17) is 0 Å². The third-order valence-corrected chi connectivity index (χ3v) is 2.52. The number of hydrogen-bond donors (Lipinski definition) is 2. The first-order valence-corrected chi connectivity index (χ1v) is 6.53. The molecule has 110 valence electrons. The Morgan fingerprint density at radius 3 is 2.38 bits per heavy atom. The molecule has 2 N–H and O–H groups in total. The molecule has 5 nitrogen and oxygen atoms in total. The van der Waals surface area contributed by atoms with Gasteiger partial charge in [-0.05, 0) is 45.0 Å². The van der Waals surface area contributed by atoms with Crippen LogP contribution in [0.2, 0.25) is 0 Å². The number of amides is 1. The summed E-state index contributed by atoms with van der Waals surface area (Å²) in [5.41, 5.74) is 0.172. The van der Waals surface area contributed by atoms with Crippen LogP contribution in [0.5, 0.6) is 0 Å². The molecular weight excluding hydrogens is 271 g/mol. The first-order chi connectivity index (χ1) is 9.85. The Morgan fingerprint density at radius 1 is 1.10 bits per heavy atom. The van der Waals surface area contributed by atoms with E-state index in [2.05, 4.69) is 20.8 Å². The van der Waals surface area contributed by atoms with Gasteiger partial charge in [-0.1, -0.05) is 12.1 Å². The average Bonchev–Trinajstić information content (AvgIpc) is 2.40. The van der Waals surface area contributed by atoms with Crippen LogP contribution in [0.4, 0.5) is 15.9 Å². The number of para-hydroxylation sites is 1. The highest BCUT2D eigenvalue weighted by Crippen LogP contribution is 2.17. The van der Waals surface area contributed by atoms with Crippen LogP contribution in [0.15, 0.2) is 36.4 Å². The van der Waals surface area contributed by atoms with Gasteiger partial charge in [-0.15, -0.1) is 10.2 Å². The molecule has 0 aliphatic heterocycles. The second kappa shape index (κ2) is 5.87. The van der Waals surface area contributed by atoms with E-state index in [9.17, 15) is 9.18 Å². The molecule has 0 spiro atoms. The second-order valence-electron chi connectivity index (χ2n) is 5.61. The Hall–Kier alpha value is -2.50. The summed E-state index contributed by atoms with van der Waals surface area (Å²) in [7, 11) is 0. The highest BCUT2D eigenvalue weighted by molar-refractivity contribution is 5.92. The molecule has 1 aromatic carbocycles. The Kier molecular flexibility index (Phi) is 4.16. The fourth-order valence-corrected chi connectivity index (χ4v) is 1.63. The maximum atomic E-state index is 13.5. The van der Waals surface area contributed by atoms with Crippen molar-refractivity contribution >= 4 is 17.4 Å². The number of halogens is 1. The largest absolute Gasteiger partial charge is 0.346 e. The van der Waals surface area contributed by atoms with E-state index >= 15 is 0 Å². The molecule has 0 aliphatic rings. The van der Waals surface area contributed by atoms with Gasteiger partial charge in [-0.3, -0.25) is 4.79 Å². The molecule has 0 fully saturated rings. The van der Waals surface area contributed by atoms with Crippen LogP contribution in [-0.2, 0) is 0 Å². The maximum absolute atomic E-state index is 13.5. The first kappa shape index (κ1) is 14.9. The molecular formula is C15H17FN4O. The van der Waals surface area contributed by atoms with Gasteiger partial charge in [0.05, 0.1) is 5.69 Å². The van der Waals surface area contributed by atoms with Gasteiger partial charge in [0.1, 0.15) is 5.82 Å². The lowest BCUT2D eigenvalue weighted by molar-refractivity contribution is 0.0913. The van der Waals surface area contributed by atoms with Gasteiger partial charge in [-0.25, -0.2) is 4.39 Å². The molecule has 0 saturated carbocycles. The van der Waals surface area contributed by atoms with Gasteiger partial charge in [0.25, 0.3) is 5.91 Å². The Morgan fingerprint density at radius 2 is 1.81 bits per heavy atom. The minimum absolute atomic E-state index is 0.212. The quantitative estimate of drug-likeness (QED) is 0.911. The number of nitrogens with one attached hydrogen (secondary N) is 2. The smallest absolute Gasteiger partial charge is 0.272 e. The number of carbonyl (C=O) groups is 1. The maximum Gasteiger partial charge on any atom is 0.272 e. The second-order valence-corrected chi connectivity index (χ2v) is 5.61. The van der Waals surface area contributed by atoms with Gasteiger partial charge >= 0.3 is 0 Å². The Balaban J connectivity index is 2.09. The van der Waals surface area contributed by atoms with Gasteiger partial charge in [0.2, 0.25) is 0 Å². The lowest BCUT2D eigenvalue weighted by Gasteiger charge is -2.19. The van der Waals surface area contributed by atoms with Crippen molar-refractivity contribution in [2.45, 2.75) is 26.3 Å². The fourth-order valence-electron chi connectivity index (χ4n) is 1.63. The third kappa shape index (κ3) is 4.24. The number of carbonyl (C=O) groups excluding carboxylic acids is 1. The molecule has 0 saturated heterocycles. The molecule has 1 amide bonds. The molecule has 0 bridgehead atoms. The van der Waals surface area contributed by atoms with E-state index < -0.39 is 0 Å². The molecule has 6 heteroatoms. The molecule has 1 heterocycles. The van der Waals surface area contributed by atoms with Crippen LogP contribution in [0.3, 0.4) is 0 Å². The van der Waals surface area contributed by atoms with Crippen molar-refractivity contribution in [2.24, 2.45) is 0 Å². The average molecular weight is 288 g/mol. The van der Waals surface area contributed by atoms with Crippen molar-refractivity contribution in [3.63, 3.8) is 0 Å².